The maximum atomic E-state index is 12.4. The first-order valence-electron chi connectivity index (χ1n) is 7.57. The third-order valence-corrected chi connectivity index (χ3v) is 3.69. The molecule has 1 unspecified atom stereocenters. The Morgan fingerprint density at radius 3 is 3.14 bits per heavy atom. The Bertz CT molecular complexity index is 459. The number of hydrogen-bond acceptors (Lipinski definition) is 5. The molecule has 2 heterocycles. The Labute approximate surface area is 125 Å². The van der Waals surface area contributed by atoms with E-state index in [0.717, 1.165) is 32.5 Å². The van der Waals surface area contributed by atoms with Crippen molar-refractivity contribution in [3.05, 3.63) is 17.5 Å². The number of rotatable bonds is 6. The van der Waals surface area contributed by atoms with E-state index >= 15 is 0 Å². The van der Waals surface area contributed by atoms with Crippen molar-refractivity contribution in [2.24, 2.45) is 5.92 Å². The molecule has 1 N–H and O–H groups in total. The average Bonchev–Trinajstić information content (AvgIpc) is 2.94. The molecule has 1 aromatic heterocycles. The molecule has 1 amide bonds. The van der Waals surface area contributed by atoms with E-state index in [4.69, 9.17) is 9.26 Å². The molecule has 21 heavy (non-hydrogen) atoms. The van der Waals surface area contributed by atoms with Crippen LogP contribution in [-0.4, -0.2) is 48.7 Å². The van der Waals surface area contributed by atoms with Gasteiger partial charge in [-0.2, -0.15) is 0 Å². The molecule has 1 fully saturated rings. The van der Waals surface area contributed by atoms with Gasteiger partial charge in [-0.05, 0) is 25.3 Å². The highest BCUT2D eigenvalue weighted by Crippen LogP contribution is 2.18. The van der Waals surface area contributed by atoms with Crippen LogP contribution in [0.2, 0.25) is 0 Å². The van der Waals surface area contributed by atoms with Crippen LogP contribution in [-0.2, 0) is 11.3 Å². The average molecular weight is 295 g/mol. The second-order valence-corrected chi connectivity index (χ2v) is 5.93. The van der Waals surface area contributed by atoms with E-state index in [-0.39, 0.29) is 5.91 Å². The van der Waals surface area contributed by atoms with E-state index in [1.165, 1.54) is 0 Å². The van der Waals surface area contributed by atoms with Gasteiger partial charge in [-0.3, -0.25) is 4.79 Å². The number of nitrogens with one attached hydrogen (secondary N) is 1. The van der Waals surface area contributed by atoms with Gasteiger partial charge < -0.3 is 19.5 Å². The van der Waals surface area contributed by atoms with Crippen molar-refractivity contribution >= 4 is 5.91 Å². The largest absolute Gasteiger partial charge is 0.377 e. The number of amides is 1. The summed E-state index contributed by atoms with van der Waals surface area (Å²) < 4.78 is 10.1. The molecule has 1 aliphatic rings. The first kappa shape index (κ1) is 16.0. The van der Waals surface area contributed by atoms with Crippen molar-refractivity contribution in [3.63, 3.8) is 0 Å². The van der Waals surface area contributed by atoms with Crippen molar-refractivity contribution < 1.29 is 14.1 Å². The Morgan fingerprint density at radius 1 is 1.62 bits per heavy atom. The SMILES string of the molecule is COCc1cc(C(=O)N2CCCC(CNC(C)C)C2)no1. The summed E-state index contributed by atoms with van der Waals surface area (Å²) in [7, 11) is 1.58. The van der Waals surface area contributed by atoms with E-state index in [1.54, 1.807) is 13.2 Å². The number of likely N-dealkylation sites (tertiary alicyclic amines) is 1. The molecule has 1 aliphatic heterocycles. The number of aromatic nitrogens is 1. The Balaban J connectivity index is 1.91. The lowest BCUT2D eigenvalue weighted by atomic mass is 9.97. The summed E-state index contributed by atoms with van der Waals surface area (Å²) >= 11 is 0. The third-order valence-electron chi connectivity index (χ3n) is 3.69. The Hall–Kier alpha value is -1.40. The van der Waals surface area contributed by atoms with Crippen LogP contribution in [0.5, 0.6) is 0 Å². The van der Waals surface area contributed by atoms with Crippen molar-refractivity contribution in [1.29, 1.82) is 0 Å². The Morgan fingerprint density at radius 2 is 2.43 bits per heavy atom. The number of methoxy groups -OCH3 is 1. The maximum absolute atomic E-state index is 12.4. The van der Waals surface area contributed by atoms with Gasteiger partial charge in [0.25, 0.3) is 5.91 Å². The molecule has 118 valence electrons. The van der Waals surface area contributed by atoms with Gasteiger partial charge in [-0.1, -0.05) is 19.0 Å². The summed E-state index contributed by atoms with van der Waals surface area (Å²) in [6.07, 6.45) is 2.20. The number of piperidine rings is 1. The molecule has 0 bridgehead atoms. The number of hydrogen-bond donors (Lipinski definition) is 1. The minimum absolute atomic E-state index is 0.0460. The highest BCUT2D eigenvalue weighted by molar-refractivity contribution is 5.92. The zero-order valence-corrected chi connectivity index (χ0v) is 13.1. The molecular formula is C15H25N3O3. The molecule has 0 aromatic carbocycles. The van der Waals surface area contributed by atoms with Crippen LogP contribution in [0.3, 0.4) is 0 Å². The van der Waals surface area contributed by atoms with Gasteiger partial charge in [0, 0.05) is 32.3 Å². The molecule has 0 aliphatic carbocycles. The fourth-order valence-electron chi connectivity index (χ4n) is 2.60. The van der Waals surface area contributed by atoms with Crippen LogP contribution < -0.4 is 5.32 Å². The number of nitrogens with zero attached hydrogens (tertiary/aromatic N) is 2. The first-order chi connectivity index (χ1) is 10.1. The van der Waals surface area contributed by atoms with Crippen molar-refractivity contribution in [2.45, 2.75) is 39.3 Å². The highest BCUT2D eigenvalue weighted by atomic mass is 16.5. The Kier molecular flexibility index (Phi) is 5.76. The summed E-state index contributed by atoms with van der Waals surface area (Å²) in [5.74, 6) is 1.04. The summed E-state index contributed by atoms with van der Waals surface area (Å²) in [6.45, 7) is 7.14. The first-order valence-corrected chi connectivity index (χ1v) is 7.57. The van der Waals surface area contributed by atoms with Crippen molar-refractivity contribution in [2.75, 3.05) is 26.7 Å². The van der Waals surface area contributed by atoms with Gasteiger partial charge in [-0.15, -0.1) is 0 Å². The molecule has 0 radical (unpaired) electrons. The molecule has 1 aromatic rings. The van der Waals surface area contributed by atoms with Gasteiger partial charge in [-0.25, -0.2) is 0 Å². The van der Waals surface area contributed by atoms with Crippen LogP contribution in [0.4, 0.5) is 0 Å². The van der Waals surface area contributed by atoms with Gasteiger partial charge in [0.05, 0.1) is 0 Å². The topological polar surface area (TPSA) is 67.6 Å². The monoisotopic (exact) mass is 295 g/mol. The lowest BCUT2D eigenvalue weighted by molar-refractivity contribution is 0.0661. The lowest BCUT2D eigenvalue weighted by Crippen LogP contribution is -2.43. The van der Waals surface area contributed by atoms with E-state index in [9.17, 15) is 4.79 Å². The standard InChI is InChI=1S/C15H25N3O3/c1-11(2)16-8-12-5-4-6-18(9-12)15(19)14-7-13(10-20-3)21-17-14/h7,11-12,16H,4-6,8-10H2,1-3H3. The van der Waals surface area contributed by atoms with Crippen LogP contribution in [0.1, 0.15) is 42.9 Å². The molecule has 6 nitrogen and oxygen atoms in total. The minimum Gasteiger partial charge on any atom is -0.377 e. The molecule has 1 atom stereocenters. The third kappa shape index (κ3) is 4.54. The molecule has 2 rings (SSSR count). The zero-order valence-electron chi connectivity index (χ0n) is 13.1. The van der Waals surface area contributed by atoms with E-state index in [2.05, 4.69) is 24.3 Å². The normalized spacial score (nSPS) is 19.2. The number of ether oxygens (including phenoxy) is 1. The van der Waals surface area contributed by atoms with Crippen LogP contribution in [0, 0.1) is 5.92 Å². The quantitative estimate of drug-likeness (QED) is 0.864. The van der Waals surface area contributed by atoms with Gasteiger partial charge in [0.1, 0.15) is 6.61 Å². The van der Waals surface area contributed by atoms with Gasteiger partial charge >= 0.3 is 0 Å². The maximum Gasteiger partial charge on any atom is 0.276 e. The molecule has 1 saturated heterocycles. The predicted octanol–water partition coefficient (Wildman–Crippen LogP) is 1.67. The zero-order chi connectivity index (χ0) is 15.2. The molecular weight excluding hydrogens is 270 g/mol. The fraction of sp³-hybridized carbons (Fsp3) is 0.733. The van der Waals surface area contributed by atoms with E-state index in [0.29, 0.717) is 30.0 Å². The second-order valence-electron chi connectivity index (χ2n) is 5.93. The molecule has 0 spiro atoms. The van der Waals surface area contributed by atoms with E-state index < -0.39 is 0 Å². The summed E-state index contributed by atoms with van der Waals surface area (Å²) in [4.78, 5) is 14.3. The van der Waals surface area contributed by atoms with Crippen LogP contribution in [0.25, 0.3) is 0 Å². The van der Waals surface area contributed by atoms with Crippen molar-refractivity contribution in [3.8, 4) is 0 Å². The highest BCUT2D eigenvalue weighted by Gasteiger charge is 2.26. The number of carbonyl (C=O) groups is 1. The van der Waals surface area contributed by atoms with Crippen molar-refractivity contribution in [1.82, 2.24) is 15.4 Å². The lowest BCUT2D eigenvalue weighted by Gasteiger charge is -2.32. The summed E-state index contributed by atoms with van der Waals surface area (Å²) in [5.41, 5.74) is 0.375. The van der Waals surface area contributed by atoms with E-state index in [1.807, 2.05) is 4.90 Å². The fourth-order valence-corrected chi connectivity index (χ4v) is 2.60. The van der Waals surface area contributed by atoms with Crippen LogP contribution >= 0.6 is 0 Å². The van der Waals surface area contributed by atoms with Gasteiger partial charge in [0.15, 0.2) is 11.5 Å². The summed E-state index contributed by atoms with van der Waals surface area (Å²) in [5, 5.41) is 7.29. The van der Waals surface area contributed by atoms with Crippen LogP contribution in [0.15, 0.2) is 10.6 Å². The second kappa shape index (κ2) is 7.56. The molecule has 0 saturated carbocycles. The van der Waals surface area contributed by atoms with Gasteiger partial charge in [0.2, 0.25) is 0 Å². The number of carbonyl (C=O) groups excluding carboxylic acids is 1. The predicted molar refractivity (Wildman–Crippen MR) is 79.0 cm³/mol. The molecule has 6 heteroatoms. The smallest absolute Gasteiger partial charge is 0.276 e. The summed E-state index contributed by atoms with van der Waals surface area (Å²) in [6, 6.07) is 2.14. The minimum atomic E-state index is -0.0460.